The number of ether oxygens (including phenoxy) is 1. The number of aromatic nitrogens is 2. The van der Waals surface area contributed by atoms with Gasteiger partial charge in [-0.2, -0.15) is 0 Å². The van der Waals surface area contributed by atoms with Crippen molar-refractivity contribution in [2.75, 3.05) is 32.1 Å². The zero-order chi connectivity index (χ0) is 13.0. The molecule has 0 saturated heterocycles. The molecular formula is C12H16N4O2. The average Bonchev–Trinajstić information content (AvgIpc) is 2.87. The fraction of sp³-hybridized carbons (Fsp3) is 0.333. The summed E-state index contributed by atoms with van der Waals surface area (Å²) in [6, 6.07) is 7.93. The van der Waals surface area contributed by atoms with Crippen LogP contribution in [0.4, 0.5) is 6.01 Å². The van der Waals surface area contributed by atoms with E-state index < -0.39 is 0 Å². The molecule has 0 atom stereocenters. The van der Waals surface area contributed by atoms with Gasteiger partial charge in [0.1, 0.15) is 12.4 Å². The SMILES string of the molecule is CN(C)c1nnc(-c2ccc(OCCN)cc2)o1. The molecule has 6 heteroatoms. The topological polar surface area (TPSA) is 77.4 Å². The lowest BCUT2D eigenvalue weighted by Crippen LogP contribution is -2.10. The molecule has 2 N–H and O–H groups in total. The van der Waals surface area contributed by atoms with Gasteiger partial charge in [-0.1, -0.05) is 5.10 Å². The van der Waals surface area contributed by atoms with E-state index in [1.165, 1.54) is 0 Å². The van der Waals surface area contributed by atoms with Crippen LogP contribution >= 0.6 is 0 Å². The summed E-state index contributed by atoms with van der Waals surface area (Å²) in [5.74, 6) is 1.26. The van der Waals surface area contributed by atoms with Gasteiger partial charge in [0.05, 0.1) is 0 Å². The molecule has 0 radical (unpaired) electrons. The summed E-state index contributed by atoms with van der Waals surface area (Å²) in [6.07, 6.45) is 0. The van der Waals surface area contributed by atoms with E-state index in [0.29, 0.717) is 25.1 Å². The van der Waals surface area contributed by atoms with Crippen molar-refractivity contribution in [1.82, 2.24) is 10.2 Å². The van der Waals surface area contributed by atoms with Crippen LogP contribution < -0.4 is 15.4 Å². The minimum atomic E-state index is 0.480. The Morgan fingerprint density at radius 1 is 1.22 bits per heavy atom. The number of anilines is 1. The monoisotopic (exact) mass is 248 g/mol. The van der Waals surface area contributed by atoms with E-state index in [1.54, 1.807) is 4.90 Å². The van der Waals surface area contributed by atoms with E-state index in [2.05, 4.69) is 10.2 Å². The van der Waals surface area contributed by atoms with Gasteiger partial charge < -0.3 is 19.8 Å². The molecule has 0 fully saturated rings. The Kier molecular flexibility index (Phi) is 3.78. The first-order chi connectivity index (χ1) is 8.70. The van der Waals surface area contributed by atoms with Crippen LogP contribution in [0.25, 0.3) is 11.5 Å². The summed E-state index contributed by atoms with van der Waals surface area (Å²) in [5.41, 5.74) is 6.22. The molecule has 0 bridgehead atoms. The number of benzene rings is 1. The van der Waals surface area contributed by atoms with Gasteiger partial charge in [-0.05, 0) is 24.3 Å². The van der Waals surface area contributed by atoms with Gasteiger partial charge in [0.15, 0.2) is 0 Å². The van der Waals surface area contributed by atoms with E-state index in [4.69, 9.17) is 14.9 Å². The highest BCUT2D eigenvalue weighted by Gasteiger charge is 2.09. The zero-order valence-electron chi connectivity index (χ0n) is 10.5. The summed E-state index contributed by atoms with van der Waals surface area (Å²) >= 11 is 0. The van der Waals surface area contributed by atoms with Crippen LogP contribution in [0.5, 0.6) is 5.75 Å². The molecule has 0 saturated carbocycles. The molecule has 0 aliphatic heterocycles. The standard InChI is InChI=1S/C12H16N4O2/c1-16(2)12-15-14-11(18-12)9-3-5-10(6-4-9)17-8-7-13/h3-6H,7-8,13H2,1-2H3. The van der Waals surface area contributed by atoms with Crippen molar-refractivity contribution < 1.29 is 9.15 Å². The van der Waals surface area contributed by atoms with E-state index in [-0.39, 0.29) is 0 Å². The second-order valence-corrected chi connectivity index (χ2v) is 3.95. The van der Waals surface area contributed by atoms with Crippen molar-refractivity contribution in [1.29, 1.82) is 0 Å². The van der Waals surface area contributed by atoms with Crippen LogP contribution in [-0.4, -0.2) is 37.4 Å². The molecule has 6 nitrogen and oxygen atoms in total. The van der Waals surface area contributed by atoms with Crippen molar-refractivity contribution in [3.8, 4) is 17.2 Å². The molecule has 0 amide bonds. The number of hydrogen-bond acceptors (Lipinski definition) is 6. The van der Waals surface area contributed by atoms with Crippen molar-refractivity contribution in [3.63, 3.8) is 0 Å². The highest BCUT2D eigenvalue weighted by atomic mass is 16.5. The summed E-state index contributed by atoms with van der Waals surface area (Å²) < 4.78 is 10.9. The van der Waals surface area contributed by atoms with Gasteiger partial charge in [0.2, 0.25) is 5.89 Å². The molecule has 18 heavy (non-hydrogen) atoms. The highest BCUT2D eigenvalue weighted by molar-refractivity contribution is 5.54. The molecule has 2 rings (SSSR count). The Balaban J connectivity index is 2.12. The number of nitrogens with two attached hydrogens (primary N) is 1. The number of nitrogens with zero attached hydrogens (tertiary/aromatic N) is 3. The van der Waals surface area contributed by atoms with Crippen LogP contribution in [-0.2, 0) is 0 Å². The van der Waals surface area contributed by atoms with Gasteiger partial charge in [-0.3, -0.25) is 0 Å². The highest BCUT2D eigenvalue weighted by Crippen LogP contribution is 2.23. The molecule has 0 aliphatic rings. The Labute approximate surface area is 105 Å². The fourth-order valence-corrected chi connectivity index (χ4v) is 1.38. The lowest BCUT2D eigenvalue weighted by Gasteiger charge is -2.04. The lowest BCUT2D eigenvalue weighted by molar-refractivity contribution is 0.328. The molecule has 1 aromatic heterocycles. The summed E-state index contributed by atoms with van der Waals surface area (Å²) in [4.78, 5) is 1.76. The molecule has 0 spiro atoms. The molecule has 96 valence electrons. The minimum Gasteiger partial charge on any atom is -0.492 e. The molecule has 0 unspecified atom stereocenters. The zero-order valence-corrected chi connectivity index (χ0v) is 10.5. The van der Waals surface area contributed by atoms with E-state index >= 15 is 0 Å². The normalized spacial score (nSPS) is 10.4. The third-order valence-electron chi connectivity index (χ3n) is 2.28. The van der Waals surface area contributed by atoms with Crippen LogP contribution in [0.3, 0.4) is 0 Å². The maximum absolute atomic E-state index is 5.50. The first-order valence-corrected chi connectivity index (χ1v) is 5.65. The fourth-order valence-electron chi connectivity index (χ4n) is 1.38. The Morgan fingerprint density at radius 3 is 2.50 bits per heavy atom. The smallest absolute Gasteiger partial charge is 0.317 e. The van der Waals surface area contributed by atoms with Crippen LogP contribution in [0, 0.1) is 0 Å². The molecule has 2 aromatic rings. The van der Waals surface area contributed by atoms with Gasteiger partial charge in [0.25, 0.3) is 0 Å². The molecule has 1 heterocycles. The predicted molar refractivity (Wildman–Crippen MR) is 68.6 cm³/mol. The number of rotatable bonds is 5. The molecule has 0 aliphatic carbocycles. The number of hydrogen-bond donors (Lipinski definition) is 1. The van der Waals surface area contributed by atoms with Crippen molar-refractivity contribution in [2.45, 2.75) is 0 Å². The minimum absolute atomic E-state index is 0.480. The maximum atomic E-state index is 5.50. The second kappa shape index (κ2) is 5.50. The summed E-state index contributed by atoms with van der Waals surface area (Å²) in [6.45, 7) is 1.00. The van der Waals surface area contributed by atoms with Gasteiger partial charge in [-0.15, -0.1) is 5.10 Å². The van der Waals surface area contributed by atoms with Gasteiger partial charge >= 0.3 is 6.01 Å². The van der Waals surface area contributed by atoms with Crippen LogP contribution in [0.2, 0.25) is 0 Å². The largest absolute Gasteiger partial charge is 0.492 e. The van der Waals surface area contributed by atoms with Crippen molar-refractivity contribution >= 4 is 6.01 Å². The Morgan fingerprint density at radius 2 is 1.94 bits per heavy atom. The third kappa shape index (κ3) is 2.78. The first kappa shape index (κ1) is 12.4. The summed E-state index contributed by atoms with van der Waals surface area (Å²) in [5, 5.41) is 7.91. The van der Waals surface area contributed by atoms with Gasteiger partial charge in [0, 0.05) is 26.2 Å². The van der Waals surface area contributed by atoms with Gasteiger partial charge in [-0.25, -0.2) is 0 Å². The van der Waals surface area contributed by atoms with Crippen LogP contribution in [0.15, 0.2) is 28.7 Å². The van der Waals surface area contributed by atoms with Crippen molar-refractivity contribution in [2.24, 2.45) is 5.73 Å². The lowest BCUT2D eigenvalue weighted by atomic mass is 10.2. The Bertz CT molecular complexity index is 493. The quantitative estimate of drug-likeness (QED) is 0.855. The second-order valence-electron chi connectivity index (χ2n) is 3.95. The maximum Gasteiger partial charge on any atom is 0.317 e. The third-order valence-corrected chi connectivity index (χ3v) is 2.28. The Hall–Kier alpha value is -2.08. The molecular weight excluding hydrogens is 232 g/mol. The summed E-state index contributed by atoms with van der Waals surface area (Å²) in [7, 11) is 3.70. The van der Waals surface area contributed by atoms with E-state index in [0.717, 1.165) is 11.3 Å². The average molecular weight is 248 g/mol. The van der Waals surface area contributed by atoms with E-state index in [9.17, 15) is 0 Å². The van der Waals surface area contributed by atoms with Crippen molar-refractivity contribution in [3.05, 3.63) is 24.3 Å². The first-order valence-electron chi connectivity index (χ1n) is 5.65. The predicted octanol–water partition coefficient (Wildman–Crippen LogP) is 1.14. The van der Waals surface area contributed by atoms with E-state index in [1.807, 2.05) is 38.4 Å². The molecule has 1 aromatic carbocycles. The van der Waals surface area contributed by atoms with Crippen LogP contribution in [0.1, 0.15) is 0 Å².